The van der Waals surface area contributed by atoms with E-state index in [1.807, 2.05) is 0 Å². The van der Waals surface area contributed by atoms with Crippen molar-refractivity contribution in [2.75, 3.05) is 25.0 Å². The lowest BCUT2D eigenvalue weighted by Crippen LogP contribution is -2.40. The molecule has 1 aliphatic heterocycles. The average molecular weight is 260 g/mol. The Bertz CT molecular complexity index is 587. The average Bonchev–Trinajstić information content (AvgIpc) is 2.95. The lowest BCUT2D eigenvalue weighted by Gasteiger charge is -2.31. The topological polar surface area (TPSA) is 86.8 Å². The van der Waals surface area contributed by atoms with Gasteiger partial charge in [0.25, 0.3) is 0 Å². The molecule has 2 aromatic rings. The van der Waals surface area contributed by atoms with E-state index in [9.17, 15) is 4.79 Å². The van der Waals surface area contributed by atoms with Gasteiger partial charge in [-0.15, -0.1) is 0 Å². The van der Waals surface area contributed by atoms with Gasteiger partial charge in [-0.25, -0.2) is 15.0 Å². The quantitative estimate of drug-likeness (QED) is 0.811. The van der Waals surface area contributed by atoms with Gasteiger partial charge >= 0.3 is 0 Å². The minimum Gasteiger partial charge on any atom is -0.359 e. The SMILES string of the molecule is CNC(=O)C1CCN(c2ncnc3nc[nH]c23)CC1. The minimum atomic E-state index is 0.111. The molecule has 0 atom stereocenters. The fourth-order valence-electron chi connectivity index (χ4n) is 2.55. The molecule has 1 aliphatic rings. The number of nitrogens with zero attached hydrogens (tertiary/aromatic N) is 4. The highest BCUT2D eigenvalue weighted by molar-refractivity contribution is 5.83. The summed E-state index contributed by atoms with van der Waals surface area (Å²) in [5.74, 6) is 1.12. The molecule has 0 radical (unpaired) electrons. The van der Waals surface area contributed by atoms with Crippen LogP contribution in [0.1, 0.15) is 12.8 Å². The van der Waals surface area contributed by atoms with Gasteiger partial charge in [-0.1, -0.05) is 0 Å². The van der Waals surface area contributed by atoms with Crippen molar-refractivity contribution < 1.29 is 4.79 Å². The van der Waals surface area contributed by atoms with Crippen LogP contribution in [0.3, 0.4) is 0 Å². The number of hydrogen-bond donors (Lipinski definition) is 2. The second-order valence-corrected chi connectivity index (χ2v) is 4.67. The molecule has 0 unspecified atom stereocenters. The Balaban J connectivity index is 1.78. The molecule has 0 spiro atoms. The highest BCUT2D eigenvalue weighted by Crippen LogP contribution is 2.25. The van der Waals surface area contributed by atoms with Crippen LogP contribution < -0.4 is 10.2 Å². The number of carbonyl (C=O) groups is 1. The molecule has 2 aromatic heterocycles. The molecule has 1 saturated heterocycles. The number of aromatic amines is 1. The zero-order valence-electron chi connectivity index (χ0n) is 10.8. The molecule has 3 heterocycles. The summed E-state index contributed by atoms with van der Waals surface area (Å²) in [7, 11) is 1.69. The van der Waals surface area contributed by atoms with Crippen LogP contribution in [0.5, 0.6) is 0 Å². The number of imidazole rings is 1. The van der Waals surface area contributed by atoms with E-state index in [4.69, 9.17) is 0 Å². The lowest BCUT2D eigenvalue weighted by molar-refractivity contribution is -0.125. The summed E-state index contributed by atoms with van der Waals surface area (Å²) in [4.78, 5) is 29.4. The van der Waals surface area contributed by atoms with Gasteiger partial charge in [-0.3, -0.25) is 4.79 Å². The number of H-pyrrole nitrogens is 1. The summed E-state index contributed by atoms with van der Waals surface area (Å²) in [6.45, 7) is 1.65. The molecule has 19 heavy (non-hydrogen) atoms. The summed E-state index contributed by atoms with van der Waals surface area (Å²) in [6, 6.07) is 0. The van der Waals surface area contributed by atoms with Crippen molar-refractivity contribution in [2.45, 2.75) is 12.8 Å². The fourth-order valence-corrected chi connectivity index (χ4v) is 2.55. The molecule has 0 aromatic carbocycles. The van der Waals surface area contributed by atoms with E-state index in [2.05, 4.69) is 30.2 Å². The maximum absolute atomic E-state index is 11.6. The Morgan fingerprint density at radius 1 is 1.37 bits per heavy atom. The number of piperidine rings is 1. The first-order valence-corrected chi connectivity index (χ1v) is 6.40. The van der Waals surface area contributed by atoms with Gasteiger partial charge in [0.05, 0.1) is 6.33 Å². The van der Waals surface area contributed by atoms with Crippen LogP contribution in [0.2, 0.25) is 0 Å². The predicted octanol–water partition coefficient (Wildman–Crippen LogP) is 0.315. The van der Waals surface area contributed by atoms with Crippen molar-refractivity contribution in [1.29, 1.82) is 0 Å². The molecule has 7 heteroatoms. The molecule has 0 saturated carbocycles. The van der Waals surface area contributed by atoms with E-state index >= 15 is 0 Å². The number of fused-ring (bicyclic) bond motifs is 1. The third-order valence-corrected chi connectivity index (χ3v) is 3.61. The van der Waals surface area contributed by atoms with Gasteiger partial charge in [0.1, 0.15) is 11.8 Å². The smallest absolute Gasteiger partial charge is 0.222 e. The van der Waals surface area contributed by atoms with Gasteiger partial charge in [0.2, 0.25) is 5.91 Å². The molecule has 3 rings (SSSR count). The number of carbonyl (C=O) groups excluding carboxylic acids is 1. The van der Waals surface area contributed by atoms with Crippen LogP contribution in [0.4, 0.5) is 5.82 Å². The number of aromatic nitrogens is 4. The fraction of sp³-hybridized carbons (Fsp3) is 0.500. The van der Waals surface area contributed by atoms with Crippen LogP contribution >= 0.6 is 0 Å². The predicted molar refractivity (Wildman–Crippen MR) is 70.7 cm³/mol. The second-order valence-electron chi connectivity index (χ2n) is 4.67. The Kier molecular flexibility index (Phi) is 3.02. The van der Waals surface area contributed by atoms with Gasteiger partial charge in [-0.2, -0.15) is 0 Å². The molecule has 0 bridgehead atoms. The third-order valence-electron chi connectivity index (χ3n) is 3.61. The standard InChI is InChI=1S/C12H16N6O/c1-13-12(19)8-2-4-18(5-3-8)11-9-10(15-6-14-9)16-7-17-11/h6-8H,2-5H2,1H3,(H,13,19)(H,14,15,16,17). The van der Waals surface area contributed by atoms with Crippen molar-refractivity contribution in [1.82, 2.24) is 25.3 Å². The first-order valence-electron chi connectivity index (χ1n) is 6.40. The van der Waals surface area contributed by atoms with Gasteiger partial charge in [-0.05, 0) is 12.8 Å². The van der Waals surface area contributed by atoms with Gasteiger partial charge in [0, 0.05) is 26.1 Å². The number of nitrogens with one attached hydrogen (secondary N) is 2. The largest absolute Gasteiger partial charge is 0.359 e. The second kappa shape index (κ2) is 4.83. The zero-order valence-corrected chi connectivity index (χ0v) is 10.8. The summed E-state index contributed by atoms with van der Waals surface area (Å²) in [5, 5.41) is 2.72. The Morgan fingerprint density at radius 3 is 2.89 bits per heavy atom. The van der Waals surface area contributed by atoms with Crippen molar-refractivity contribution in [3.8, 4) is 0 Å². The van der Waals surface area contributed by atoms with Crippen molar-refractivity contribution in [3.05, 3.63) is 12.7 Å². The number of rotatable bonds is 2. The molecular formula is C12H16N6O. The summed E-state index contributed by atoms with van der Waals surface area (Å²) < 4.78 is 0. The Labute approximate surface area is 110 Å². The highest BCUT2D eigenvalue weighted by atomic mass is 16.1. The van der Waals surface area contributed by atoms with E-state index in [1.165, 1.54) is 6.33 Å². The van der Waals surface area contributed by atoms with Crippen molar-refractivity contribution >= 4 is 22.9 Å². The highest BCUT2D eigenvalue weighted by Gasteiger charge is 2.26. The molecule has 7 nitrogen and oxygen atoms in total. The van der Waals surface area contributed by atoms with Gasteiger partial charge < -0.3 is 15.2 Å². The van der Waals surface area contributed by atoms with Crippen LogP contribution in [-0.4, -0.2) is 46.0 Å². The van der Waals surface area contributed by atoms with E-state index in [0.717, 1.165) is 37.3 Å². The van der Waals surface area contributed by atoms with Crippen molar-refractivity contribution in [2.24, 2.45) is 5.92 Å². The van der Waals surface area contributed by atoms with Gasteiger partial charge in [0.15, 0.2) is 11.5 Å². The normalized spacial score (nSPS) is 16.8. The Morgan fingerprint density at radius 2 is 2.16 bits per heavy atom. The number of hydrogen-bond acceptors (Lipinski definition) is 5. The van der Waals surface area contributed by atoms with Crippen LogP contribution in [-0.2, 0) is 4.79 Å². The molecule has 1 amide bonds. The minimum absolute atomic E-state index is 0.111. The first-order chi connectivity index (χ1) is 9.29. The Hall–Kier alpha value is -2.18. The summed E-state index contributed by atoms with van der Waals surface area (Å²) >= 11 is 0. The summed E-state index contributed by atoms with van der Waals surface area (Å²) in [6.07, 6.45) is 4.85. The third kappa shape index (κ3) is 2.11. The molecule has 2 N–H and O–H groups in total. The first kappa shape index (κ1) is 11.9. The van der Waals surface area contributed by atoms with Crippen LogP contribution in [0.15, 0.2) is 12.7 Å². The van der Waals surface area contributed by atoms with E-state index in [0.29, 0.717) is 5.65 Å². The lowest BCUT2D eigenvalue weighted by atomic mass is 9.96. The van der Waals surface area contributed by atoms with E-state index in [-0.39, 0.29) is 11.8 Å². The molecule has 1 fully saturated rings. The van der Waals surface area contributed by atoms with E-state index < -0.39 is 0 Å². The van der Waals surface area contributed by atoms with Crippen molar-refractivity contribution in [3.63, 3.8) is 0 Å². The number of anilines is 1. The van der Waals surface area contributed by atoms with Crippen LogP contribution in [0.25, 0.3) is 11.2 Å². The zero-order chi connectivity index (χ0) is 13.2. The van der Waals surface area contributed by atoms with E-state index in [1.54, 1.807) is 13.4 Å². The monoisotopic (exact) mass is 260 g/mol. The number of amides is 1. The van der Waals surface area contributed by atoms with Crippen LogP contribution in [0, 0.1) is 5.92 Å². The summed E-state index contributed by atoms with van der Waals surface area (Å²) in [5.41, 5.74) is 1.54. The molecule has 0 aliphatic carbocycles. The molecular weight excluding hydrogens is 244 g/mol. The maximum atomic E-state index is 11.6. The maximum Gasteiger partial charge on any atom is 0.222 e. The molecule has 100 valence electrons.